The van der Waals surface area contributed by atoms with Gasteiger partial charge in [-0.05, 0) is 39.1 Å². The second kappa shape index (κ2) is 3.81. The van der Waals surface area contributed by atoms with Gasteiger partial charge < -0.3 is 9.64 Å². The molecular weight excluding hydrogens is 220 g/mol. The highest BCUT2D eigenvalue weighted by Crippen LogP contribution is 2.49. The molecule has 1 saturated carbocycles. The topological polar surface area (TPSA) is 78.3 Å². The summed E-state index contributed by atoms with van der Waals surface area (Å²) in [5, 5.41) is 3.68. The van der Waals surface area contributed by atoms with E-state index in [4.69, 9.17) is 10.3 Å². The highest BCUT2D eigenvalue weighted by atomic mass is 16.6. The number of rotatable bonds is 1. The molecule has 2 aliphatic rings. The van der Waals surface area contributed by atoms with Crippen molar-refractivity contribution < 1.29 is 9.53 Å². The lowest BCUT2D eigenvalue weighted by atomic mass is 9.61. The highest BCUT2D eigenvalue weighted by molar-refractivity contribution is 5.69. The monoisotopic (exact) mass is 238 g/mol. The molecule has 1 amide bonds. The van der Waals surface area contributed by atoms with E-state index in [-0.39, 0.29) is 17.6 Å². The summed E-state index contributed by atoms with van der Waals surface area (Å²) in [5.41, 5.74) is 8.07. The average molecular weight is 238 g/mol. The number of nitrogens with zero attached hydrogens (tertiary/aromatic N) is 4. The Bertz CT molecular complexity index is 367. The summed E-state index contributed by atoms with van der Waals surface area (Å²) in [4.78, 5) is 16.2. The molecule has 17 heavy (non-hydrogen) atoms. The third kappa shape index (κ3) is 2.47. The average Bonchev–Trinajstić information content (AvgIpc) is 2.03. The van der Waals surface area contributed by atoms with Crippen LogP contribution in [0, 0.1) is 5.41 Å². The third-order valence-corrected chi connectivity index (χ3v) is 3.26. The molecule has 0 aromatic heterocycles. The summed E-state index contributed by atoms with van der Waals surface area (Å²) in [6.45, 7) is 7.06. The van der Waals surface area contributed by atoms with E-state index in [1.807, 2.05) is 20.8 Å². The van der Waals surface area contributed by atoms with E-state index in [0.717, 1.165) is 25.9 Å². The molecule has 2 rings (SSSR count). The van der Waals surface area contributed by atoms with Crippen LogP contribution in [0.15, 0.2) is 5.11 Å². The van der Waals surface area contributed by atoms with Crippen LogP contribution in [-0.4, -0.2) is 35.7 Å². The number of ether oxygens (including phenoxy) is 1. The first kappa shape index (κ1) is 12.0. The second-order valence-electron chi connectivity index (χ2n) is 6.10. The van der Waals surface area contributed by atoms with Gasteiger partial charge in [0.2, 0.25) is 0 Å². The molecule has 1 heterocycles. The fraction of sp³-hybridized carbons (Fsp3) is 0.909. The Kier molecular flexibility index (Phi) is 2.70. The van der Waals surface area contributed by atoms with Crippen molar-refractivity contribution in [3.05, 3.63) is 10.4 Å². The van der Waals surface area contributed by atoms with E-state index in [0.29, 0.717) is 0 Å². The second-order valence-corrected chi connectivity index (χ2v) is 6.10. The van der Waals surface area contributed by atoms with E-state index in [1.54, 1.807) is 4.90 Å². The van der Waals surface area contributed by atoms with Gasteiger partial charge in [0, 0.05) is 29.5 Å². The van der Waals surface area contributed by atoms with Crippen LogP contribution in [-0.2, 0) is 4.74 Å². The van der Waals surface area contributed by atoms with Crippen molar-refractivity contribution in [2.45, 2.75) is 45.3 Å². The number of carbonyl (C=O) groups excluding carboxylic acids is 1. The van der Waals surface area contributed by atoms with Crippen molar-refractivity contribution in [3.63, 3.8) is 0 Å². The minimum atomic E-state index is -0.437. The fourth-order valence-corrected chi connectivity index (χ4v) is 2.57. The summed E-state index contributed by atoms with van der Waals surface area (Å²) in [7, 11) is 0. The van der Waals surface area contributed by atoms with Gasteiger partial charge in [0.05, 0.1) is 0 Å². The van der Waals surface area contributed by atoms with Crippen LogP contribution in [0.3, 0.4) is 0 Å². The Morgan fingerprint density at radius 2 is 2.06 bits per heavy atom. The van der Waals surface area contributed by atoms with Gasteiger partial charge in [-0.3, -0.25) is 0 Å². The standard InChI is InChI=1S/C11H18N4O2/c1-10(2,3)17-9(16)15-6-11(7-15)4-8(5-11)13-14-12/h8H,4-7H2,1-3H3. The van der Waals surface area contributed by atoms with E-state index in [1.165, 1.54) is 0 Å². The van der Waals surface area contributed by atoms with Crippen LogP contribution in [0.25, 0.3) is 10.4 Å². The molecule has 0 bridgehead atoms. The quantitative estimate of drug-likeness (QED) is 0.400. The van der Waals surface area contributed by atoms with Crippen LogP contribution in [0.2, 0.25) is 0 Å². The smallest absolute Gasteiger partial charge is 0.410 e. The van der Waals surface area contributed by atoms with Crippen molar-refractivity contribution in [2.75, 3.05) is 13.1 Å². The van der Waals surface area contributed by atoms with Crippen molar-refractivity contribution in [1.29, 1.82) is 0 Å². The number of likely N-dealkylation sites (tertiary alicyclic amines) is 1. The molecule has 1 saturated heterocycles. The molecule has 0 radical (unpaired) electrons. The molecule has 94 valence electrons. The summed E-state index contributed by atoms with van der Waals surface area (Å²) in [5.74, 6) is 0. The Balaban J connectivity index is 1.77. The lowest BCUT2D eigenvalue weighted by molar-refractivity contribution is -0.0768. The van der Waals surface area contributed by atoms with Gasteiger partial charge in [-0.2, -0.15) is 0 Å². The first-order valence-corrected chi connectivity index (χ1v) is 5.86. The first-order valence-electron chi connectivity index (χ1n) is 5.86. The van der Waals surface area contributed by atoms with Crippen molar-refractivity contribution in [1.82, 2.24) is 4.90 Å². The normalized spacial score (nSPS) is 22.4. The van der Waals surface area contributed by atoms with E-state index < -0.39 is 5.60 Å². The molecule has 0 atom stereocenters. The molecule has 0 aromatic rings. The molecule has 1 spiro atoms. The van der Waals surface area contributed by atoms with E-state index >= 15 is 0 Å². The molecule has 6 heteroatoms. The molecule has 2 fully saturated rings. The van der Waals surface area contributed by atoms with Crippen LogP contribution < -0.4 is 0 Å². The highest BCUT2D eigenvalue weighted by Gasteiger charge is 2.54. The van der Waals surface area contributed by atoms with Gasteiger partial charge in [0.15, 0.2) is 0 Å². The van der Waals surface area contributed by atoms with Gasteiger partial charge in [0.1, 0.15) is 5.60 Å². The van der Waals surface area contributed by atoms with Gasteiger partial charge in [0.25, 0.3) is 0 Å². The molecule has 0 N–H and O–H groups in total. The molecule has 0 aromatic carbocycles. The van der Waals surface area contributed by atoms with Crippen LogP contribution in [0.5, 0.6) is 0 Å². The largest absolute Gasteiger partial charge is 0.444 e. The lowest BCUT2D eigenvalue weighted by Gasteiger charge is -2.57. The molecule has 0 unspecified atom stereocenters. The Hall–Kier alpha value is -1.42. The zero-order valence-electron chi connectivity index (χ0n) is 10.5. The molecule has 1 aliphatic heterocycles. The molecule has 1 aliphatic carbocycles. The predicted octanol–water partition coefficient (Wildman–Crippen LogP) is 2.70. The zero-order chi connectivity index (χ0) is 12.7. The number of azide groups is 1. The third-order valence-electron chi connectivity index (χ3n) is 3.26. The van der Waals surface area contributed by atoms with Crippen LogP contribution >= 0.6 is 0 Å². The van der Waals surface area contributed by atoms with Crippen molar-refractivity contribution in [3.8, 4) is 0 Å². The summed E-state index contributed by atoms with van der Waals surface area (Å²) >= 11 is 0. The van der Waals surface area contributed by atoms with Crippen molar-refractivity contribution >= 4 is 6.09 Å². The zero-order valence-corrected chi connectivity index (χ0v) is 10.5. The minimum absolute atomic E-state index is 0.126. The molecule has 6 nitrogen and oxygen atoms in total. The predicted molar refractivity (Wildman–Crippen MR) is 62.4 cm³/mol. The number of carbonyl (C=O) groups is 1. The van der Waals surface area contributed by atoms with Crippen LogP contribution in [0.4, 0.5) is 4.79 Å². The SMILES string of the molecule is CC(C)(C)OC(=O)N1CC2(CC(N=[N+]=[N-])C2)C1. The Morgan fingerprint density at radius 3 is 2.53 bits per heavy atom. The maximum Gasteiger partial charge on any atom is 0.410 e. The summed E-state index contributed by atoms with van der Waals surface area (Å²) in [6.07, 6.45) is 1.56. The van der Waals surface area contributed by atoms with E-state index in [9.17, 15) is 4.79 Å². The maximum atomic E-state index is 11.7. The number of amides is 1. The number of hydrogen-bond donors (Lipinski definition) is 0. The lowest BCUT2D eigenvalue weighted by Crippen LogP contribution is -2.65. The van der Waals surface area contributed by atoms with Crippen molar-refractivity contribution in [2.24, 2.45) is 10.5 Å². The Morgan fingerprint density at radius 1 is 1.47 bits per heavy atom. The minimum Gasteiger partial charge on any atom is -0.444 e. The fourth-order valence-electron chi connectivity index (χ4n) is 2.57. The van der Waals surface area contributed by atoms with Gasteiger partial charge in [-0.15, -0.1) is 0 Å². The number of hydrogen-bond acceptors (Lipinski definition) is 3. The van der Waals surface area contributed by atoms with Gasteiger partial charge in [-0.1, -0.05) is 5.11 Å². The maximum absolute atomic E-state index is 11.7. The van der Waals surface area contributed by atoms with Gasteiger partial charge >= 0.3 is 6.09 Å². The van der Waals surface area contributed by atoms with Crippen LogP contribution in [0.1, 0.15) is 33.6 Å². The van der Waals surface area contributed by atoms with Gasteiger partial charge in [-0.25, -0.2) is 4.79 Å². The summed E-state index contributed by atoms with van der Waals surface area (Å²) in [6, 6.07) is 0.126. The first-order chi connectivity index (χ1) is 7.84. The summed E-state index contributed by atoms with van der Waals surface area (Å²) < 4.78 is 5.28. The Labute approximate surface area is 101 Å². The van der Waals surface area contributed by atoms with E-state index in [2.05, 4.69) is 10.0 Å². The molecular formula is C11H18N4O2.